The van der Waals surface area contributed by atoms with Gasteiger partial charge in [0.2, 0.25) is 5.95 Å². The lowest BCUT2D eigenvalue weighted by atomic mass is 9.92. The van der Waals surface area contributed by atoms with E-state index in [2.05, 4.69) is 24.1 Å². The van der Waals surface area contributed by atoms with Crippen molar-refractivity contribution >= 4 is 28.4 Å². The number of ether oxygens (including phenoxy) is 2. The number of hydrogen-bond donors (Lipinski definition) is 1. The summed E-state index contributed by atoms with van der Waals surface area (Å²) in [7, 11) is 3.28. The maximum Gasteiger partial charge on any atom is 0.227 e. The molecular weight excluding hydrogens is 364 g/mol. The number of rotatable bonds is 5. The SMILES string of the molecule is COc1cc2nc(N3CC(C)CC(C)C3)nc(Nc3ccccc3)c2cc1OC. The zero-order valence-corrected chi connectivity index (χ0v) is 17.5. The third-order valence-corrected chi connectivity index (χ3v) is 5.38. The Kier molecular flexibility index (Phi) is 5.43. The summed E-state index contributed by atoms with van der Waals surface area (Å²) >= 11 is 0. The van der Waals surface area contributed by atoms with Crippen molar-refractivity contribution in [3.05, 3.63) is 42.5 Å². The molecule has 0 radical (unpaired) electrons. The highest BCUT2D eigenvalue weighted by molar-refractivity contribution is 5.94. The maximum absolute atomic E-state index is 5.51. The van der Waals surface area contributed by atoms with Crippen molar-refractivity contribution in [2.75, 3.05) is 37.5 Å². The summed E-state index contributed by atoms with van der Waals surface area (Å²) in [4.78, 5) is 12.1. The molecule has 2 atom stereocenters. The minimum Gasteiger partial charge on any atom is -0.493 e. The van der Waals surface area contributed by atoms with Crippen LogP contribution in [0.5, 0.6) is 11.5 Å². The number of methoxy groups -OCH3 is 2. The number of piperidine rings is 1. The monoisotopic (exact) mass is 392 g/mol. The van der Waals surface area contributed by atoms with E-state index in [1.54, 1.807) is 14.2 Å². The van der Waals surface area contributed by atoms with Crippen LogP contribution in [0.2, 0.25) is 0 Å². The van der Waals surface area contributed by atoms with Crippen LogP contribution < -0.4 is 19.7 Å². The van der Waals surface area contributed by atoms with Crippen molar-refractivity contribution in [2.24, 2.45) is 11.8 Å². The summed E-state index contributed by atoms with van der Waals surface area (Å²) in [5, 5.41) is 4.36. The van der Waals surface area contributed by atoms with E-state index in [1.807, 2.05) is 42.5 Å². The van der Waals surface area contributed by atoms with Crippen molar-refractivity contribution in [3.63, 3.8) is 0 Å². The van der Waals surface area contributed by atoms with Gasteiger partial charge in [-0.25, -0.2) is 4.98 Å². The molecule has 2 unspecified atom stereocenters. The second-order valence-corrected chi connectivity index (χ2v) is 7.94. The predicted molar refractivity (Wildman–Crippen MR) is 118 cm³/mol. The number of fused-ring (bicyclic) bond motifs is 1. The second-order valence-electron chi connectivity index (χ2n) is 7.94. The first-order valence-electron chi connectivity index (χ1n) is 10.1. The predicted octanol–water partition coefficient (Wildman–Crippen LogP) is 4.87. The average Bonchev–Trinajstić information content (AvgIpc) is 2.72. The van der Waals surface area contributed by atoms with E-state index in [0.29, 0.717) is 23.3 Å². The maximum atomic E-state index is 5.51. The third-order valence-electron chi connectivity index (χ3n) is 5.38. The van der Waals surface area contributed by atoms with E-state index in [1.165, 1.54) is 6.42 Å². The molecule has 6 nitrogen and oxygen atoms in total. The lowest BCUT2D eigenvalue weighted by molar-refractivity contribution is 0.353. The van der Waals surface area contributed by atoms with E-state index in [4.69, 9.17) is 19.4 Å². The zero-order valence-electron chi connectivity index (χ0n) is 17.5. The fourth-order valence-corrected chi connectivity index (χ4v) is 4.16. The molecule has 1 aromatic heterocycles. The van der Waals surface area contributed by atoms with Crippen molar-refractivity contribution in [1.82, 2.24) is 9.97 Å². The van der Waals surface area contributed by atoms with Gasteiger partial charge >= 0.3 is 0 Å². The lowest BCUT2D eigenvalue weighted by Gasteiger charge is -2.35. The third kappa shape index (κ3) is 4.06. The van der Waals surface area contributed by atoms with Gasteiger partial charge < -0.3 is 19.7 Å². The Morgan fingerprint density at radius 3 is 2.24 bits per heavy atom. The number of nitrogens with one attached hydrogen (secondary N) is 1. The minimum absolute atomic E-state index is 0.619. The van der Waals surface area contributed by atoms with Crippen LogP contribution in [0.4, 0.5) is 17.5 Å². The summed E-state index contributed by atoms with van der Waals surface area (Å²) in [6.45, 7) is 6.52. The smallest absolute Gasteiger partial charge is 0.227 e. The summed E-state index contributed by atoms with van der Waals surface area (Å²) in [5.41, 5.74) is 1.81. The van der Waals surface area contributed by atoms with Gasteiger partial charge in [0.15, 0.2) is 11.5 Å². The van der Waals surface area contributed by atoms with Crippen LogP contribution in [0.1, 0.15) is 20.3 Å². The Bertz CT molecular complexity index is 983. The van der Waals surface area contributed by atoms with Crippen molar-refractivity contribution in [1.29, 1.82) is 0 Å². The van der Waals surface area contributed by atoms with Gasteiger partial charge in [-0.2, -0.15) is 4.98 Å². The molecule has 0 saturated carbocycles. The number of para-hydroxylation sites is 1. The van der Waals surface area contributed by atoms with E-state index in [-0.39, 0.29) is 0 Å². The number of nitrogens with zero attached hydrogens (tertiary/aromatic N) is 3. The molecule has 0 amide bonds. The Morgan fingerprint density at radius 2 is 1.59 bits per heavy atom. The van der Waals surface area contributed by atoms with E-state index in [0.717, 1.165) is 41.4 Å². The summed E-state index contributed by atoms with van der Waals surface area (Å²) in [5.74, 6) is 4.08. The standard InChI is InChI=1S/C23H28N4O2/c1-15-10-16(2)14-27(13-15)23-25-19-12-21(29-4)20(28-3)11-18(19)22(26-23)24-17-8-6-5-7-9-17/h5-9,11-12,15-16H,10,13-14H2,1-4H3,(H,24,25,26). The second kappa shape index (κ2) is 8.15. The summed E-state index contributed by atoms with van der Waals surface area (Å²) in [6.07, 6.45) is 1.24. The van der Waals surface area contributed by atoms with Gasteiger partial charge in [-0.3, -0.25) is 0 Å². The Balaban J connectivity index is 1.84. The molecule has 1 fully saturated rings. The molecule has 4 rings (SSSR count). The molecule has 29 heavy (non-hydrogen) atoms. The fourth-order valence-electron chi connectivity index (χ4n) is 4.16. The van der Waals surface area contributed by atoms with Crippen LogP contribution in [0.25, 0.3) is 10.9 Å². The van der Waals surface area contributed by atoms with Gasteiger partial charge in [-0.1, -0.05) is 32.0 Å². The van der Waals surface area contributed by atoms with E-state index in [9.17, 15) is 0 Å². The highest BCUT2D eigenvalue weighted by atomic mass is 16.5. The molecular formula is C23H28N4O2. The molecule has 0 spiro atoms. The lowest BCUT2D eigenvalue weighted by Crippen LogP contribution is -2.39. The molecule has 3 aromatic rings. The first-order chi connectivity index (χ1) is 14.1. The van der Waals surface area contributed by atoms with Gasteiger partial charge in [0, 0.05) is 30.2 Å². The van der Waals surface area contributed by atoms with Crippen LogP contribution in [0.3, 0.4) is 0 Å². The molecule has 1 aliphatic rings. The largest absolute Gasteiger partial charge is 0.493 e. The fraction of sp³-hybridized carbons (Fsp3) is 0.391. The molecule has 2 aromatic carbocycles. The molecule has 0 aliphatic carbocycles. The molecule has 152 valence electrons. The Labute approximate surface area is 171 Å². The highest BCUT2D eigenvalue weighted by Gasteiger charge is 2.25. The van der Waals surface area contributed by atoms with Crippen molar-refractivity contribution < 1.29 is 9.47 Å². The van der Waals surface area contributed by atoms with E-state index >= 15 is 0 Å². The Morgan fingerprint density at radius 1 is 0.931 bits per heavy atom. The molecule has 1 aliphatic heterocycles. The number of benzene rings is 2. The number of anilines is 3. The van der Waals surface area contributed by atoms with Crippen molar-refractivity contribution in [3.8, 4) is 11.5 Å². The normalized spacial score (nSPS) is 19.2. The minimum atomic E-state index is 0.619. The first-order valence-corrected chi connectivity index (χ1v) is 10.1. The first kappa shape index (κ1) is 19.3. The zero-order chi connectivity index (χ0) is 20.4. The van der Waals surface area contributed by atoms with E-state index < -0.39 is 0 Å². The molecule has 2 heterocycles. The molecule has 0 bridgehead atoms. The van der Waals surface area contributed by atoms with Crippen LogP contribution in [-0.2, 0) is 0 Å². The average molecular weight is 393 g/mol. The van der Waals surface area contributed by atoms with Gasteiger partial charge in [0.1, 0.15) is 5.82 Å². The molecule has 1 N–H and O–H groups in total. The van der Waals surface area contributed by atoms with Gasteiger partial charge in [-0.15, -0.1) is 0 Å². The van der Waals surface area contributed by atoms with Crippen LogP contribution in [0.15, 0.2) is 42.5 Å². The highest BCUT2D eigenvalue weighted by Crippen LogP contribution is 2.36. The molecule has 1 saturated heterocycles. The van der Waals surface area contributed by atoms with Crippen LogP contribution in [-0.4, -0.2) is 37.3 Å². The van der Waals surface area contributed by atoms with Crippen LogP contribution in [0, 0.1) is 11.8 Å². The van der Waals surface area contributed by atoms with Crippen LogP contribution >= 0.6 is 0 Å². The Hall–Kier alpha value is -3.02. The number of hydrogen-bond acceptors (Lipinski definition) is 6. The molecule has 6 heteroatoms. The van der Waals surface area contributed by atoms with Gasteiger partial charge in [0.25, 0.3) is 0 Å². The summed E-state index contributed by atoms with van der Waals surface area (Å²) in [6, 6.07) is 13.9. The van der Waals surface area contributed by atoms with Gasteiger partial charge in [0.05, 0.1) is 19.7 Å². The number of aromatic nitrogens is 2. The topological polar surface area (TPSA) is 59.5 Å². The summed E-state index contributed by atoms with van der Waals surface area (Å²) < 4.78 is 11.0. The van der Waals surface area contributed by atoms with Gasteiger partial charge in [-0.05, 0) is 36.5 Å². The quantitative estimate of drug-likeness (QED) is 0.668. The van der Waals surface area contributed by atoms with Crippen molar-refractivity contribution in [2.45, 2.75) is 20.3 Å².